The maximum atomic E-state index is 13.1. The Hall–Kier alpha value is -2.04. The van der Waals surface area contributed by atoms with Crippen LogP contribution in [0.15, 0.2) is 48.5 Å². The molecule has 4 nitrogen and oxygen atoms in total. The molecule has 1 aliphatic carbocycles. The number of rotatable bonds is 6. The molecule has 1 saturated carbocycles. The van der Waals surface area contributed by atoms with Gasteiger partial charge >= 0.3 is 0 Å². The van der Waals surface area contributed by atoms with E-state index in [2.05, 4.69) is 5.32 Å². The summed E-state index contributed by atoms with van der Waals surface area (Å²) < 4.78 is 0. The second-order valence-electron chi connectivity index (χ2n) is 7.51. The monoisotopic (exact) mass is 386 g/mol. The molecule has 27 heavy (non-hydrogen) atoms. The van der Waals surface area contributed by atoms with E-state index >= 15 is 0 Å². The van der Waals surface area contributed by atoms with E-state index in [1.54, 1.807) is 0 Å². The Morgan fingerprint density at radius 2 is 1.70 bits per heavy atom. The third-order valence-corrected chi connectivity index (χ3v) is 5.79. The van der Waals surface area contributed by atoms with Crippen LogP contribution in [-0.2, 0) is 10.2 Å². The van der Waals surface area contributed by atoms with Crippen molar-refractivity contribution >= 4 is 23.2 Å². The molecule has 2 aromatic carbocycles. The zero-order valence-electron chi connectivity index (χ0n) is 15.9. The Balaban J connectivity index is 1.68. The number of carbonyl (C=O) groups excluding carboxylic acids is 1. The summed E-state index contributed by atoms with van der Waals surface area (Å²) in [4.78, 5) is 15.1. The number of carbonyl (C=O) groups is 1. The number of amides is 1. The minimum atomic E-state index is -0.728. The van der Waals surface area contributed by atoms with Crippen molar-refractivity contribution < 1.29 is 9.90 Å². The van der Waals surface area contributed by atoms with E-state index in [4.69, 9.17) is 11.6 Å². The van der Waals surface area contributed by atoms with E-state index in [1.165, 1.54) is 0 Å². The van der Waals surface area contributed by atoms with E-state index in [0.29, 0.717) is 5.02 Å². The Morgan fingerprint density at radius 1 is 1.11 bits per heavy atom. The molecule has 0 heterocycles. The fraction of sp³-hybridized carbons (Fsp3) is 0.409. The summed E-state index contributed by atoms with van der Waals surface area (Å²) in [6, 6.07) is 15.3. The van der Waals surface area contributed by atoms with Gasteiger partial charge in [0.05, 0.1) is 11.5 Å². The van der Waals surface area contributed by atoms with E-state index in [0.717, 1.165) is 42.5 Å². The fourth-order valence-electron chi connectivity index (χ4n) is 3.87. The topological polar surface area (TPSA) is 52.6 Å². The van der Waals surface area contributed by atoms with E-state index in [9.17, 15) is 9.90 Å². The number of nitrogens with zero attached hydrogens (tertiary/aromatic N) is 1. The van der Waals surface area contributed by atoms with Gasteiger partial charge < -0.3 is 15.3 Å². The number of halogens is 1. The molecule has 1 atom stereocenters. The molecule has 0 saturated heterocycles. The summed E-state index contributed by atoms with van der Waals surface area (Å²) >= 11 is 6.01. The van der Waals surface area contributed by atoms with Crippen molar-refractivity contribution in [1.82, 2.24) is 5.32 Å². The number of aliphatic hydroxyl groups is 1. The molecule has 2 N–H and O–H groups in total. The zero-order chi connectivity index (χ0) is 19.4. The standard InChI is InChI=1S/C22H27ClN2O2/c1-25(2)19-11-5-16(6-12-19)20(26)15-24-21(27)22(13-3-4-14-22)17-7-9-18(23)10-8-17/h5-12,20,26H,3-4,13-15H2,1-2H3,(H,24,27)/t20-/m0/s1. The highest BCUT2D eigenvalue weighted by atomic mass is 35.5. The number of aliphatic hydroxyl groups excluding tert-OH is 1. The largest absolute Gasteiger partial charge is 0.387 e. The highest BCUT2D eigenvalue weighted by Gasteiger charge is 2.42. The van der Waals surface area contributed by atoms with Crippen LogP contribution in [0.1, 0.15) is 42.9 Å². The van der Waals surface area contributed by atoms with Gasteiger partial charge in [0.25, 0.3) is 0 Å². The number of benzene rings is 2. The van der Waals surface area contributed by atoms with Gasteiger partial charge in [0.1, 0.15) is 0 Å². The summed E-state index contributed by atoms with van der Waals surface area (Å²) in [6.07, 6.45) is 2.99. The van der Waals surface area contributed by atoms with Gasteiger partial charge in [-0.2, -0.15) is 0 Å². The molecular formula is C22H27ClN2O2. The average Bonchev–Trinajstić information content (AvgIpc) is 3.17. The van der Waals surface area contributed by atoms with Crippen LogP contribution in [0.2, 0.25) is 5.02 Å². The minimum absolute atomic E-state index is 0.00807. The second kappa shape index (κ2) is 8.32. The lowest BCUT2D eigenvalue weighted by molar-refractivity contribution is -0.127. The third-order valence-electron chi connectivity index (χ3n) is 5.54. The lowest BCUT2D eigenvalue weighted by Gasteiger charge is -2.29. The minimum Gasteiger partial charge on any atom is -0.387 e. The number of hydrogen-bond acceptors (Lipinski definition) is 3. The zero-order valence-corrected chi connectivity index (χ0v) is 16.7. The van der Waals surface area contributed by atoms with E-state index < -0.39 is 11.5 Å². The molecule has 144 valence electrons. The van der Waals surface area contributed by atoms with E-state index in [-0.39, 0.29) is 12.5 Å². The molecule has 0 bridgehead atoms. The quantitative estimate of drug-likeness (QED) is 0.786. The molecule has 0 unspecified atom stereocenters. The highest BCUT2D eigenvalue weighted by Crippen LogP contribution is 2.41. The van der Waals surface area contributed by atoms with Crippen LogP contribution in [-0.4, -0.2) is 31.7 Å². The normalized spacial score (nSPS) is 16.7. The van der Waals surface area contributed by atoms with Gasteiger partial charge in [0, 0.05) is 31.4 Å². The predicted octanol–water partition coefficient (Wildman–Crippen LogP) is 4.07. The van der Waals surface area contributed by atoms with Gasteiger partial charge in [0.2, 0.25) is 5.91 Å². The first-order valence-electron chi connectivity index (χ1n) is 9.42. The summed E-state index contributed by atoms with van der Waals surface area (Å²) in [6.45, 7) is 0.204. The van der Waals surface area contributed by atoms with Crippen molar-refractivity contribution in [3.8, 4) is 0 Å². The Bertz CT molecular complexity index is 766. The van der Waals surface area contributed by atoms with Crippen molar-refractivity contribution in [1.29, 1.82) is 0 Å². The van der Waals surface area contributed by atoms with Crippen molar-refractivity contribution in [3.05, 3.63) is 64.7 Å². The molecule has 0 aromatic heterocycles. The summed E-state index contributed by atoms with van der Waals surface area (Å²) in [5, 5.41) is 14.1. The lowest BCUT2D eigenvalue weighted by atomic mass is 9.78. The summed E-state index contributed by atoms with van der Waals surface area (Å²) in [7, 11) is 3.95. The van der Waals surface area contributed by atoms with Crippen LogP contribution < -0.4 is 10.2 Å². The summed E-state index contributed by atoms with van der Waals surface area (Å²) in [5.41, 5.74) is 2.36. The van der Waals surface area contributed by atoms with Gasteiger partial charge in [0.15, 0.2) is 0 Å². The van der Waals surface area contributed by atoms with Crippen LogP contribution in [0.3, 0.4) is 0 Å². The van der Waals surface area contributed by atoms with Crippen LogP contribution in [0, 0.1) is 0 Å². The average molecular weight is 387 g/mol. The van der Waals surface area contributed by atoms with Crippen LogP contribution in [0.5, 0.6) is 0 Å². The van der Waals surface area contributed by atoms with Crippen molar-refractivity contribution in [2.45, 2.75) is 37.2 Å². The molecule has 3 rings (SSSR count). The first kappa shape index (κ1) is 19.7. The molecule has 5 heteroatoms. The van der Waals surface area contributed by atoms with Crippen molar-refractivity contribution in [2.75, 3.05) is 25.5 Å². The van der Waals surface area contributed by atoms with Crippen LogP contribution >= 0.6 is 11.6 Å². The molecule has 0 aliphatic heterocycles. The highest BCUT2D eigenvalue weighted by molar-refractivity contribution is 6.30. The Morgan fingerprint density at radius 3 is 2.26 bits per heavy atom. The van der Waals surface area contributed by atoms with Gasteiger partial charge in [-0.25, -0.2) is 0 Å². The maximum absolute atomic E-state index is 13.1. The van der Waals surface area contributed by atoms with Crippen molar-refractivity contribution in [3.63, 3.8) is 0 Å². The van der Waals surface area contributed by atoms with Gasteiger partial charge in [-0.3, -0.25) is 4.79 Å². The molecule has 2 aromatic rings. The first-order valence-corrected chi connectivity index (χ1v) is 9.80. The Kier molecular flexibility index (Phi) is 6.08. The predicted molar refractivity (Wildman–Crippen MR) is 110 cm³/mol. The summed E-state index contributed by atoms with van der Waals surface area (Å²) in [5.74, 6) is -0.00807. The second-order valence-corrected chi connectivity index (χ2v) is 7.94. The van der Waals surface area contributed by atoms with Gasteiger partial charge in [-0.05, 0) is 48.2 Å². The van der Waals surface area contributed by atoms with Crippen LogP contribution in [0.25, 0.3) is 0 Å². The molecule has 1 amide bonds. The SMILES string of the molecule is CN(C)c1ccc([C@@H](O)CNC(=O)C2(c3ccc(Cl)cc3)CCCC2)cc1. The number of anilines is 1. The molecular weight excluding hydrogens is 360 g/mol. The molecule has 1 aliphatic rings. The van der Waals surface area contributed by atoms with E-state index in [1.807, 2.05) is 67.5 Å². The van der Waals surface area contributed by atoms with Gasteiger partial charge in [-0.1, -0.05) is 48.7 Å². The smallest absolute Gasteiger partial charge is 0.230 e. The molecule has 1 fully saturated rings. The first-order chi connectivity index (χ1) is 12.9. The third kappa shape index (κ3) is 4.28. The maximum Gasteiger partial charge on any atom is 0.230 e. The number of nitrogens with one attached hydrogen (secondary N) is 1. The van der Waals surface area contributed by atoms with Crippen molar-refractivity contribution in [2.24, 2.45) is 0 Å². The van der Waals surface area contributed by atoms with Gasteiger partial charge in [-0.15, -0.1) is 0 Å². The lowest BCUT2D eigenvalue weighted by Crippen LogP contribution is -2.44. The molecule has 0 radical (unpaired) electrons. The van der Waals surface area contributed by atoms with Crippen LogP contribution in [0.4, 0.5) is 5.69 Å². The Labute approximate surface area is 166 Å². The fourth-order valence-corrected chi connectivity index (χ4v) is 3.99. The number of hydrogen-bond donors (Lipinski definition) is 2. The molecule has 0 spiro atoms.